The van der Waals surface area contributed by atoms with Crippen molar-refractivity contribution in [1.82, 2.24) is 10.2 Å². The van der Waals surface area contributed by atoms with Crippen LogP contribution in [-0.2, 0) is 15.9 Å². The fourth-order valence-electron chi connectivity index (χ4n) is 4.12. The van der Waals surface area contributed by atoms with E-state index in [9.17, 15) is 0 Å². The summed E-state index contributed by atoms with van der Waals surface area (Å²) in [6.07, 6.45) is 6.14. The second-order valence-corrected chi connectivity index (χ2v) is 7.87. The van der Waals surface area contributed by atoms with Crippen molar-refractivity contribution in [2.75, 3.05) is 39.9 Å². The molecule has 1 atom stereocenters. The van der Waals surface area contributed by atoms with Gasteiger partial charge < -0.3 is 19.7 Å². The molecule has 2 fully saturated rings. The van der Waals surface area contributed by atoms with Crippen LogP contribution in [0.15, 0.2) is 23.2 Å². The molecule has 0 amide bonds. The summed E-state index contributed by atoms with van der Waals surface area (Å²) in [7, 11) is 1.87. The lowest BCUT2D eigenvalue weighted by Gasteiger charge is -2.34. The van der Waals surface area contributed by atoms with Gasteiger partial charge >= 0.3 is 0 Å². The van der Waals surface area contributed by atoms with Gasteiger partial charge in [0.2, 0.25) is 0 Å². The predicted molar refractivity (Wildman–Crippen MR) is 126 cm³/mol. The number of guanidine groups is 1. The second kappa shape index (κ2) is 12.0. The van der Waals surface area contributed by atoms with E-state index in [1.807, 2.05) is 7.05 Å². The van der Waals surface area contributed by atoms with E-state index in [-0.39, 0.29) is 24.0 Å². The van der Waals surface area contributed by atoms with E-state index in [2.05, 4.69) is 47.3 Å². The van der Waals surface area contributed by atoms with Gasteiger partial charge in [-0.25, -0.2) is 0 Å². The van der Waals surface area contributed by atoms with E-state index in [4.69, 9.17) is 9.47 Å². The van der Waals surface area contributed by atoms with Gasteiger partial charge in [0, 0.05) is 33.3 Å². The number of hydrogen-bond donors (Lipinski definition) is 1. The molecule has 1 unspecified atom stereocenters. The summed E-state index contributed by atoms with van der Waals surface area (Å²) < 4.78 is 11.7. The molecule has 3 rings (SSSR count). The first-order chi connectivity index (χ1) is 13.1. The maximum absolute atomic E-state index is 6.08. The van der Waals surface area contributed by atoms with Gasteiger partial charge in [-0.05, 0) is 51.5 Å². The topological polar surface area (TPSA) is 46.1 Å². The number of piperidine rings is 1. The van der Waals surface area contributed by atoms with Gasteiger partial charge in [-0.3, -0.25) is 4.99 Å². The molecule has 0 saturated carbocycles. The van der Waals surface area contributed by atoms with Crippen LogP contribution in [0.3, 0.4) is 0 Å². The summed E-state index contributed by atoms with van der Waals surface area (Å²) in [6.45, 7) is 8.88. The molecule has 2 saturated heterocycles. The number of ether oxygens (including phenoxy) is 2. The lowest BCUT2D eigenvalue weighted by molar-refractivity contribution is -0.0367. The zero-order valence-electron chi connectivity index (χ0n) is 17.6. The largest absolute Gasteiger partial charge is 0.376 e. The third kappa shape index (κ3) is 7.19. The van der Waals surface area contributed by atoms with Crippen molar-refractivity contribution in [3.63, 3.8) is 0 Å². The molecule has 0 radical (unpaired) electrons. The van der Waals surface area contributed by atoms with Crippen molar-refractivity contribution >= 4 is 29.9 Å². The molecule has 0 spiro atoms. The van der Waals surface area contributed by atoms with Crippen LogP contribution in [0.4, 0.5) is 0 Å². The summed E-state index contributed by atoms with van der Waals surface area (Å²) in [6, 6.07) is 6.77. The first kappa shape index (κ1) is 23.4. The van der Waals surface area contributed by atoms with Gasteiger partial charge in [0.25, 0.3) is 0 Å². The molecule has 6 heteroatoms. The Kier molecular flexibility index (Phi) is 10.0. The number of rotatable bonds is 6. The maximum Gasteiger partial charge on any atom is 0.193 e. The Morgan fingerprint density at radius 2 is 1.89 bits per heavy atom. The number of halogens is 1. The van der Waals surface area contributed by atoms with Crippen LogP contribution in [0.25, 0.3) is 0 Å². The highest BCUT2D eigenvalue weighted by atomic mass is 127. The molecular weight excluding hydrogens is 465 g/mol. The Balaban J connectivity index is 0.00000280. The fraction of sp³-hybridized carbons (Fsp3) is 0.682. The van der Waals surface area contributed by atoms with Crippen molar-refractivity contribution in [2.45, 2.75) is 58.2 Å². The van der Waals surface area contributed by atoms with Crippen LogP contribution in [0.2, 0.25) is 0 Å². The summed E-state index contributed by atoms with van der Waals surface area (Å²) in [4.78, 5) is 6.84. The van der Waals surface area contributed by atoms with Gasteiger partial charge in [0.05, 0.1) is 18.8 Å². The quantitative estimate of drug-likeness (QED) is 0.367. The molecule has 28 heavy (non-hydrogen) atoms. The van der Waals surface area contributed by atoms with Crippen molar-refractivity contribution < 1.29 is 9.47 Å². The average Bonchev–Trinajstić information content (AvgIpc) is 3.17. The number of nitrogens with one attached hydrogen (secondary N) is 1. The van der Waals surface area contributed by atoms with Crippen LogP contribution >= 0.6 is 24.0 Å². The highest BCUT2D eigenvalue weighted by Crippen LogP contribution is 2.18. The van der Waals surface area contributed by atoms with Crippen LogP contribution in [0, 0.1) is 13.8 Å². The molecule has 1 N–H and O–H groups in total. The fourth-order valence-corrected chi connectivity index (χ4v) is 4.12. The minimum absolute atomic E-state index is 0. The van der Waals surface area contributed by atoms with Crippen molar-refractivity contribution in [3.05, 3.63) is 34.9 Å². The second-order valence-electron chi connectivity index (χ2n) is 7.87. The minimum Gasteiger partial charge on any atom is -0.376 e. The monoisotopic (exact) mass is 501 g/mol. The molecule has 5 nitrogen and oxygen atoms in total. The Morgan fingerprint density at radius 1 is 1.18 bits per heavy atom. The molecule has 2 aliphatic rings. The number of aliphatic imine (C=N–C) groups is 1. The molecule has 0 aromatic heterocycles. The molecular formula is C22H36IN3O2. The van der Waals surface area contributed by atoms with E-state index in [0.717, 1.165) is 64.5 Å². The average molecular weight is 501 g/mol. The van der Waals surface area contributed by atoms with Crippen LogP contribution in [0.5, 0.6) is 0 Å². The van der Waals surface area contributed by atoms with E-state index >= 15 is 0 Å². The standard InChI is InChI=1S/C22H35N3O2.HI/c1-17-13-18(2)15-19(14-17)6-9-24-22(23-3)25-10-7-20(8-11-25)27-16-21-5-4-12-26-21;/h13-15,20-21H,4-12,16H2,1-3H3,(H,23,24);1H. The van der Waals surface area contributed by atoms with Crippen molar-refractivity contribution in [1.29, 1.82) is 0 Å². The third-order valence-electron chi connectivity index (χ3n) is 5.47. The Morgan fingerprint density at radius 3 is 2.50 bits per heavy atom. The van der Waals surface area contributed by atoms with Gasteiger partial charge in [0.15, 0.2) is 5.96 Å². The Hall–Kier alpha value is -0.860. The molecule has 0 aliphatic carbocycles. The Bertz CT molecular complexity index is 604. The van der Waals surface area contributed by atoms with E-state index in [1.54, 1.807) is 0 Å². The molecule has 1 aromatic rings. The smallest absolute Gasteiger partial charge is 0.193 e. The summed E-state index contributed by atoms with van der Waals surface area (Å²) in [5.41, 5.74) is 4.05. The summed E-state index contributed by atoms with van der Waals surface area (Å²) in [5.74, 6) is 1.01. The number of hydrogen-bond acceptors (Lipinski definition) is 3. The van der Waals surface area contributed by atoms with Crippen LogP contribution < -0.4 is 5.32 Å². The number of likely N-dealkylation sites (tertiary alicyclic amines) is 1. The molecule has 2 aliphatic heterocycles. The van der Waals surface area contributed by atoms with Crippen LogP contribution in [0.1, 0.15) is 42.4 Å². The highest BCUT2D eigenvalue weighted by molar-refractivity contribution is 14.0. The number of benzene rings is 1. The number of nitrogens with zero attached hydrogens (tertiary/aromatic N) is 2. The zero-order valence-corrected chi connectivity index (χ0v) is 19.9. The van der Waals surface area contributed by atoms with Gasteiger partial charge in [-0.15, -0.1) is 24.0 Å². The van der Waals surface area contributed by atoms with Gasteiger partial charge in [-0.1, -0.05) is 29.3 Å². The van der Waals surface area contributed by atoms with Crippen LogP contribution in [-0.4, -0.2) is 63.0 Å². The molecule has 0 bridgehead atoms. The van der Waals surface area contributed by atoms with Gasteiger partial charge in [-0.2, -0.15) is 0 Å². The third-order valence-corrected chi connectivity index (χ3v) is 5.47. The summed E-state index contributed by atoms with van der Waals surface area (Å²) >= 11 is 0. The first-order valence-electron chi connectivity index (χ1n) is 10.4. The number of aryl methyl sites for hydroxylation is 2. The minimum atomic E-state index is 0. The predicted octanol–water partition coefficient (Wildman–Crippen LogP) is 3.70. The van der Waals surface area contributed by atoms with Crippen molar-refractivity contribution in [2.24, 2.45) is 4.99 Å². The Labute approximate surface area is 187 Å². The van der Waals surface area contributed by atoms with E-state index in [1.165, 1.54) is 23.1 Å². The van der Waals surface area contributed by atoms with E-state index in [0.29, 0.717) is 12.2 Å². The highest BCUT2D eigenvalue weighted by Gasteiger charge is 2.24. The normalized spacial score (nSPS) is 20.9. The SMILES string of the molecule is CN=C(NCCc1cc(C)cc(C)c1)N1CCC(OCC2CCCO2)CC1.I. The lowest BCUT2D eigenvalue weighted by atomic mass is 10.1. The first-order valence-corrected chi connectivity index (χ1v) is 10.4. The molecule has 2 heterocycles. The lowest BCUT2D eigenvalue weighted by Crippen LogP contribution is -2.47. The maximum atomic E-state index is 6.08. The molecule has 158 valence electrons. The zero-order chi connectivity index (χ0) is 19.1. The van der Waals surface area contributed by atoms with Gasteiger partial charge in [0.1, 0.15) is 0 Å². The van der Waals surface area contributed by atoms with Crippen molar-refractivity contribution in [3.8, 4) is 0 Å². The summed E-state index contributed by atoms with van der Waals surface area (Å²) in [5, 5.41) is 3.53. The van der Waals surface area contributed by atoms with E-state index < -0.39 is 0 Å². The molecule has 1 aromatic carbocycles.